The fraction of sp³-hybridized carbons (Fsp3) is 0.382. The quantitative estimate of drug-likeness (QED) is 0.138. The summed E-state index contributed by atoms with van der Waals surface area (Å²) in [5, 5.41) is 6.26. The average Bonchev–Trinajstić information content (AvgIpc) is 3.42. The van der Waals surface area contributed by atoms with E-state index >= 15 is 0 Å². The molecular formula is C34H31ClF9N7O6S. The fourth-order valence-electron chi connectivity index (χ4n) is 5.59. The molecule has 0 aliphatic carbocycles. The third-order valence-corrected chi connectivity index (χ3v) is 9.73. The highest BCUT2D eigenvalue weighted by Crippen LogP contribution is 2.46. The van der Waals surface area contributed by atoms with Crippen LogP contribution in [0.5, 0.6) is 5.88 Å². The number of halogens is 10. The van der Waals surface area contributed by atoms with Crippen LogP contribution in [0, 0.1) is 11.6 Å². The Balaban J connectivity index is 1.81. The molecule has 0 radical (unpaired) electrons. The zero-order chi connectivity index (χ0) is 43.5. The number of ether oxygens (including phenoxy) is 2. The second-order valence-corrected chi connectivity index (χ2v) is 16.3. The number of aromatic nitrogens is 5. The van der Waals surface area contributed by atoms with Crippen LogP contribution in [0.4, 0.5) is 50.1 Å². The van der Waals surface area contributed by atoms with Crippen LogP contribution in [-0.4, -0.2) is 82.4 Å². The average molecular weight is 872 g/mol. The van der Waals surface area contributed by atoms with Gasteiger partial charge in [-0.3, -0.25) is 18.3 Å². The van der Waals surface area contributed by atoms with Gasteiger partial charge in [-0.05, 0) is 56.7 Å². The van der Waals surface area contributed by atoms with Gasteiger partial charge < -0.3 is 14.8 Å². The zero-order valence-corrected chi connectivity index (χ0v) is 32.4. The van der Waals surface area contributed by atoms with Crippen molar-refractivity contribution < 1.29 is 62.2 Å². The van der Waals surface area contributed by atoms with Gasteiger partial charge in [-0.1, -0.05) is 11.6 Å². The normalized spacial score (nSPS) is 13.5. The third-order valence-electron chi connectivity index (χ3n) is 8.25. The van der Waals surface area contributed by atoms with Gasteiger partial charge in [-0.15, -0.1) is 0 Å². The number of nitrogens with one attached hydrogen (secondary N) is 1. The van der Waals surface area contributed by atoms with Gasteiger partial charge in [-0.2, -0.15) is 40.8 Å². The summed E-state index contributed by atoms with van der Waals surface area (Å²) in [6.07, 6.45) is -7.46. The van der Waals surface area contributed by atoms with Crippen molar-refractivity contribution in [2.24, 2.45) is 7.05 Å². The summed E-state index contributed by atoms with van der Waals surface area (Å²) in [4.78, 5) is 36.1. The zero-order valence-electron chi connectivity index (χ0n) is 30.9. The van der Waals surface area contributed by atoms with Crippen molar-refractivity contribution in [3.8, 4) is 11.6 Å². The summed E-state index contributed by atoms with van der Waals surface area (Å²) in [6, 6.07) is 4.88. The van der Waals surface area contributed by atoms with Gasteiger partial charge in [0.2, 0.25) is 15.9 Å². The Hall–Kier alpha value is -5.32. The number of benzene rings is 2. The molecule has 2 aromatic carbocycles. The summed E-state index contributed by atoms with van der Waals surface area (Å²) in [7, 11) is -1.41. The number of fused-ring (bicyclic) bond motifs is 2. The lowest BCUT2D eigenvalue weighted by Gasteiger charge is -2.27. The first-order valence-corrected chi connectivity index (χ1v) is 18.7. The summed E-state index contributed by atoms with van der Waals surface area (Å²) >= 11 is 6.56. The Morgan fingerprint density at radius 3 is 2.17 bits per heavy atom. The maximum atomic E-state index is 14.6. The van der Waals surface area contributed by atoms with E-state index in [0.717, 1.165) is 38.0 Å². The molecule has 1 atom stereocenters. The van der Waals surface area contributed by atoms with Gasteiger partial charge in [0.15, 0.2) is 18.1 Å². The number of hydrogen-bond acceptors (Lipinski definition) is 9. The third kappa shape index (κ3) is 8.73. The second kappa shape index (κ2) is 15.1. The number of carbonyl (C=O) groups is 1. The number of nitrogens with zero attached hydrogens (tertiary/aromatic N) is 6. The first-order valence-electron chi connectivity index (χ1n) is 16.4. The van der Waals surface area contributed by atoms with Crippen LogP contribution in [0.1, 0.15) is 38.2 Å². The van der Waals surface area contributed by atoms with Gasteiger partial charge in [0.25, 0.3) is 5.56 Å². The Labute approximate surface area is 327 Å². The lowest BCUT2D eigenvalue weighted by molar-refractivity contribution is -0.358. The lowest BCUT2D eigenvalue weighted by atomic mass is 10.0. The van der Waals surface area contributed by atoms with Crippen LogP contribution in [-0.2, 0) is 28.2 Å². The van der Waals surface area contributed by atoms with E-state index in [1.165, 1.54) is 47.0 Å². The Morgan fingerprint density at radius 1 is 0.983 bits per heavy atom. The molecule has 0 saturated heterocycles. The highest BCUT2D eigenvalue weighted by atomic mass is 35.5. The van der Waals surface area contributed by atoms with Crippen molar-refractivity contribution in [2.45, 2.75) is 56.9 Å². The van der Waals surface area contributed by atoms with Crippen molar-refractivity contribution in [2.75, 3.05) is 24.2 Å². The van der Waals surface area contributed by atoms with Crippen molar-refractivity contribution in [1.82, 2.24) is 29.6 Å². The summed E-state index contributed by atoms with van der Waals surface area (Å²) < 4.78 is 161. The highest BCUT2D eigenvalue weighted by molar-refractivity contribution is 7.92. The topological polar surface area (TPSA) is 151 Å². The molecule has 5 aromatic rings. The van der Waals surface area contributed by atoms with E-state index in [1.54, 1.807) is 0 Å². The van der Waals surface area contributed by atoms with Crippen LogP contribution in [0.15, 0.2) is 47.3 Å². The number of alkyl carbamates (subject to hydrolysis) is 1. The first-order chi connectivity index (χ1) is 26.5. The Morgan fingerprint density at radius 2 is 1.60 bits per heavy atom. The molecule has 3 aromatic heterocycles. The van der Waals surface area contributed by atoms with Gasteiger partial charge >= 0.3 is 24.1 Å². The Bertz CT molecular complexity index is 2580. The van der Waals surface area contributed by atoms with Crippen molar-refractivity contribution in [3.05, 3.63) is 80.9 Å². The van der Waals surface area contributed by atoms with Crippen molar-refractivity contribution in [3.63, 3.8) is 0 Å². The van der Waals surface area contributed by atoms with Crippen LogP contribution >= 0.6 is 11.6 Å². The SMILES string of the molecule is CN(c1nn(C)c2c(-n3c(C(Cc4cc(F)cc(F)c4)NC(=O)OC(C)(C)C)nc4nc(OCC(F)(F)C(F)(F)C(F)(F)F)ccc4c3=O)ccc(Cl)c12)S(C)(=O)=O. The second-order valence-electron chi connectivity index (χ2n) is 13.8. The van der Waals surface area contributed by atoms with Crippen molar-refractivity contribution >= 4 is 55.5 Å². The van der Waals surface area contributed by atoms with E-state index in [9.17, 15) is 57.5 Å². The summed E-state index contributed by atoms with van der Waals surface area (Å²) in [6.45, 7) is 1.99. The molecule has 0 aliphatic rings. The molecule has 1 N–H and O–H groups in total. The van der Waals surface area contributed by atoms with E-state index < -0.39 is 98.7 Å². The molecule has 24 heteroatoms. The highest BCUT2D eigenvalue weighted by Gasteiger charge is 2.73. The summed E-state index contributed by atoms with van der Waals surface area (Å²) in [5.41, 5.74) is -3.13. The number of hydrogen-bond donors (Lipinski definition) is 1. The largest absolute Gasteiger partial charge is 0.471 e. The lowest BCUT2D eigenvalue weighted by Crippen LogP contribution is -2.54. The number of carbonyl (C=O) groups excluding carboxylic acids is 1. The number of anilines is 1. The van der Waals surface area contributed by atoms with Crippen LogP contribution < -0.4 is 19.9 Å². The van der Waals surface area contributed by atoms with Gasteiger partial charge in [-0.25, -0.2) is 27.0 Å². The molecule has 0 aliphatic heterocycles. The molecule has 0 spiro atoms. The number of amides is 1. The molecule has 3 heterocycles. The van der Waals surface area contributed by atoms with E-state index in [2.05, 4.69) is 25.1 Å². The molecule has 13 nitrogen and oxygen atoms in total. The minimum atomic E-state index is -6.65. The van der Waals surface area contributed by atoms with Crippen LogP contribution in [0.3, 0.4) is 0 Å². The summed E-state index contributed by atoms with van der Waals surface area (Å²) in [5.74, 6) is -16.1. The smallest absolute Gasteiger partial charge is 0.460 e. The molecule has 5 rings (SSSR count). The van der Waals surface area contributed by atoms with Crippen LogP contribution in [0.25, 0.3) is 27.6 Å². The minimum Gasteiger partial charge on any atom is -0.471 e. The maximum absolute atomic E-state index is 14.6. The molecule has 1 amide bonds. The Kier molecular flexibility index (Phi) is 11.4. The number of alkyl halides is 7. The number of aryl methyl sites for hydroxylation is 1. The monoisotopic (exact) mass is 871 g/mol. The first kappa shape index (κ1) is 43.8. The number of rotatable bonds is 11. The van der Waals surface area contributed by atoms with Crippen LogP contribution in [0.2, 0.25) is 5.02 Å². The predicted octanol–water partition coefficient (Wildman–Crippen LogP) is 7.02. The molecule has 0 bridgehead atoms. The van der Waals surface area contributed by atoms with Gasteiger partial charge in [0.1, 0.15) is 23.1 Å². The molecule has 58 heavy (non-hydrogen) atoms. The molecular weight excluding hydrogens is 841 g/mol. The predicted molar refractivity (Wildman–Crippen MR) is 191 cm³/mol. The molecule has 314 valence electrons. The molecule has 1 unspecified atom stereocenters. The number of sulfonamides is 1. The minimum absolute atomic E-state index is 0.00365. The van der Waals surface area contributed by atoms with E-state index in [1.807, 2.05) is 0 Å². The van der Waals surface area contributed by atoms with Gasteiger partial charge in [0.05, 0.1) is 39.3 Å². The van der Waals surface area contributed by atoms with E-state index in [4.69, 9.17) is 16.3 Å². The maximum Gasteiger partial charge on any atom is 0.460 e. The van der Waals surface area contributed by atoms with E-state index in [0.29, 0.717) is 12.1 Å². The van der Waals surface area contributed by atoms with E-state index in [-0.39, 0.29) is 33.0 Å². The molecule has 0 fully saturated rings. The standard InChI is InChI=1S/C34H31ClF9N7O6S/c1-31(2,3)57-30(53)45-21(13-16-11-17(36)14-18(37)12-16)27-47-26-19(7-10-23(46-26)56-15-32(38,39)33(40,41)34(42,43)44)29(52)51(27)22-9-8-20(35)24-25(22)49(4)48-28(24)50(5)58(6,54)55/h7-12,14,21H,13,15H2,1-6H3,(H,45,53). The molecule has 0 saturated carbocycles. The fourth-order valence-corrected chi connectivity index (χ4v) is 6.27. The van der Waals surface area contributed by atoms with Gasteiger partial charge in [0, 0.05) is 32.6 Å². The number of pyridine rings is 1. The van der Waals surface area contributed by atoms with Crippen molar-refractivity contribution in [1.29, 1.82) is 0 Å².